The van der Waals surface area contributed by atoms with Crippen molar-refractivity contribution >= 4 is 21.4 Å². The van der Waals surface area contributed by atoms with Gasteiger partial charge in [-0.25, -0.2) is 17.2 Å². The molecule has 0 radical (unpaired) electrons. The molecule has 1 aliphatic heterocycles. The summed E-state index contributed by atoms with van der Waals surface area (Å²) in [5.74, 6) is -0.870. The van der Waals surface area contributed by atoms with Crippen LogP contribution in [0.4, 0.5) is 8.78 Å². The van der Waals surface area contributed by atoms with E-state index in [0.29, 0.717) is 23.8 Å². The summed E-state index contributed by atoms with van der Waals surface area (Å²) in [4.78, 5) is 2.53. The Morgan fingerprint density at radius 1 is 1.00 bits per heavy atom. The summed E-state index contributed by atoms with van der Waals surface area (Å²) in [6, 6.07) is 11.5. The van der Waals surface area contributed by atoms with Crippen LogP contribution in [0, 0.1) is 18.6 Å². The predicted octanol–water partition coefficient (Wildman–Crippen LogP) is 6.63. The normalized spacial score (nSPS) is 23.6. The standard InChI is InChI=1S/C29H34ClF2N3O2S/c1-3-35-28(18-20(2)33-35)21-12-16-34(17-13-21)24-10-14-29(15-11-24,26-19-23(31)6-9-27(26)32)38(36,37)25-7-4-22(30)5-8-25/h4-9,18-19,21,24H,3,10-17H2,1-2H3. The van der Waals surface area contributed by atoms with Crippen molar-refractivity contribution in [1.82, 2.24) is 14.7 Å². The quantitative estimate of drug-likeness (QED) is 0.339. The van der Waals surface area contributed by atoms with E-state index in [9.17, 15) is 12.8 Å². The molecule has 0 amide bonds. The van der Waals surface area contributed by atoms with Crippen molar-refractivity contribution in [3.8, 4) is 0 Å². The lowest BCUT2D eigenvalue weighted by molar-refractivity contribution is 0.109. The molecule has 5 nitrogen and oxygen atoms in total. The first-order valence-electron chi connectivity index (χ1n) is 13.4. The maximum Gasteiger partial charge on any atom is 0.188 e. The Balaban J connectivity index is 1.37. The highest BCUT2D eigenvalue weighted by Gasteiger charge is 2.50. The van der Waals surface area contributed by atoms with Crippen LogP contribution in [0.5, 0.6) is 0 Å². The number of halogens is 3. The highest BCUT2D eigenvalue weighted by Crippen LogP contribution is 2.49. The van der Waals surface area contributed by atoms with Crippen LogP contribution in [0.1, 0.15) is 68.3 Å². The van der Waals surface area contributed by atoms with Crippen LogP contribution in [-0.4, -0.2) is 42.2 Å². The Hall–Kier alpha value is -2.29. The van der Waals surface area contributed by atoms with Gasteiger partial charge >= 0.3 is 0 Å². The third-order valence-corrected chi connectivity index (χ3v) is 11.3. The third kappa shape index (κ3) is 4.91. The first-order valence-corrected chi connectivity index (χ1v) is 15.2. The minimum atomic E-state index is -4.03. The smallest absolute Gasteiger partial charge is 0.188 e. The maximum atomic E-state index is 15.2. The van der Waals surface area contributed by atoms with E-state index < -0.39 is 26.2 Å². The Morgan fingerprint density at radius 2 is 1.66 bits per heavy atom. The van der Waals surface area contributed by atoms with E-state index in [1.165, 1.54) is 30.0 Å². The summed E-state index contributed by atoms with van der Waals surface area (Å²) in [7, 11) is -4.03. The molecule has 9 heteroatoms. The van der Waals surface area contributed by atoms with Gasteiger partial charge in [-0.2, -0.15) is 5.10 Å². The number of piperidine rings is 1. The molecule has 38 heavy (non-hydrogen) atoms. The fourth-order valence-corrected chi connectivity index (χ4v) is 8.80. The van der Waals surface area contributed by atoms with Gasteiger partial charge in [0.2, 0.25) is 0 Å². The summed E-state index contributed by atoms with van der Waals surface area (Å²) in [6.07, 6.45) is 3.69. The highest BCUT2D eigenvalue weighted by molar-refractivity contribution is 7.92. The van der Waals surface area contributed by atoms with Gasteiger partial charge in [-0.1, -0.05) is 11.6 Å². The monoisotopic (exact) mass is 561 g/mol. The first-order chi connectivity index (χ1) is 18.1. The van der Waals surface area contributed by atoms with Gasteiger partial charge in [0.05, 0.1) is 10.6 Å². The van der Waals surface area contributed by atoms with Crippen LogP contribution >= 0.6 is 11.6 Å². The minimum Gasteiger partial charge on any atom is -0.300 e. The van der Waals surface area contributed by atoms with E-state index in [1.54, 1.807) is 0 Å². The lowest BCUT2D eigenvalue weighted by Crippen LogP contribution is -2.48. The molecule has 2 aliphatic rings. The SMILES string of the molecule is CCn1nc(C)cc1C1CCN(C2CCC(c3cc(F)ccc3F)(S(=O)(=O)c3ccc(Cl)cc3)CC2)CC1. The van der Waals surface area contributed by atoms with Crippen LogP contribution in [0.3, 0.4) is 0 Å². The highest BCUT2D eigenvalue weighted by atomic mass is 35.5. The maximum absolute atomic E-state index is 15.2. The summed E-state index contributed by atoms with van der Waals surface area (Å²) in [5.41, 5.74) is 2.26. The van der Waals surface area contributed by atoms with Crippen LogP contribution in [0.2, 0.25) is 5.02 Å². The summed E-state index contributed by atoms with van der Waals surface area (Å²) >= 11 is 6.00. The van der Waals surface area contributed by atoms with Crippen molar-refractivity contribution in [1.29, 1.82) is 0 Å². The van der Waals surface area contributed by atoms with Crippen molar-refractivity contribution in [2.75, 3.05) is 13.1 Å². The number of aromatic nitrogens is 2. The third-order valence-electron chi connectivity index (χ3n) is 8.52. The van der Waals surface area contributed by atoms with Crippen LogP contribution in [0.25, 0.3) is 0 Å². The van der Waals surface area contributed by atoms with E-state index >= 15 is 4.39 Å². The Labute approximate surface area is 228 Å². The number of hydrogen-bond donors (Lipinski definition) is 0. The second kappa shape index (κ2) is 10.7. The molecule has 0 atom stereocenters. The molecule has 2 fully saturated rings. The molecule has 0 spiro atoms. The van der Waals surface area contributed by atoms with Gasteiger partial charge in [0, 0.05) is 34.8 Å². The van der Waals surface area contributed by atoms with E-state index in [-0.39, 0.29) is 29.3 Å². The molecule has 1 aliphatic carbocycles. The molecule has 1 saturated carbocycles. The van der Waals surface area contributed by atoms with Crippen molar-refractivity contribution < 1.29 is 17.2 Å². The number of rotatable bonds is 6. The van der Waals surface area contributed by atoms with E-state index in [2.05, 4.69) is 27.7 Å². The lowest BCUT2D eigenvalue weighted by Gasteiger charge is -2.45. The molecule has 3 aromatic rings. The number of hydrogen-bond acceptors (Lipinski definition) is 4. The number of sulfone groups is 1. The van der Waals surface area contributed by atoms with Crippen LogP contribution in [0.15, 0.2) is 53.4 Å². The fraction of sp³-hybridized carbons (Fsp3) is 0.483. The van der Waals surface area contributed by atoms with Crippen molar-refractivity contribution in [3.05, 3.63) is 82.1 Å². The van der Waals surface area contributed by atoms with E-state index in [0.717, 1.165) is 56.4 Å². The molecule has 2 heterocycles. The average Bonchev–Trinajstić information content (AvgIpc) is 3.31. The fourth-order valence-electron chi connectivity index (χ4n) is 6.51. The van der Waals surface area contributed by atoms with Crippen LogP contribution < -0.4 is 0 Å². The van der Waals surface area contributed by atoms with Gasteiger partial charge in [-0.05, 0) is 114 Å². The van der Waals surface area contributed by atoms with Gasteiger partial charge in [0.1, 0.15) is 16.4 Å². The van der Waals surface area contributed by atoms with Gasteiger partial charge in [-0.15, -0.1) is 0 Å². The number of likely N-dealkylation sites (tertiary alicyclic amines) is 1. The zero-order chi connectivity index (χ0) is 27.1. The van der Waals surface area contributed by atoms with Gasteiger partial charge < -0.3 is 4.90 Å². The van der Waals surface area contributed by atoms with E-state index in [1.807, 2.05) is 6.92 Å². The minimum absolute atomic E-state index is 0.0761. The molecule has 0 N–H and O–H groups in total. The zero-order valence-electron chi connectivity index (χ0n) is 21.8. The molecular formula is C29H34ClF2N3O2S. The average molecular weight is 562 g/mol. The molecule has 2 aromatic carbocycles. The van der Waals surface area contributed by atoms with Gasteiger partial charge in [-0.3, -0.25) is 4.68 Å². The van der Waals surface area contributed by atoms with Crippen LogP contribution in [-0.2, 0) is 21.1 Å². The molecular weight excluding hydrogens is 528 g/mol. The van der Waals surface area contributed by atoms with Crippen molar-refractivity contribution in [3.63, 3.8) is 0 Å². The van der Waals surface area contributed by atoms with E-state index in [4.69, 9.17) is 11.6 Å². The number of nitrogens with zero attached hydrogens (tertiary/aromatic N) is 3. The molecule has 5 rings (SSSR count). The molecule has 0 bridgehead atoms. The molecule has 1 aromatic heterocycles. The topological polar surface area (TPSA) is 55.2 Å². The summed E-state index contributed by atoms with van der Waals surface area (Å²) in [6.45, 7) is 6.84. The summed E-state index contributed by atoms with van der Waals surface area (Å²) in [5, 5.41) is 5.02. The first kappa shape index (κ1) is 27.3. The Bertz CT molecular complexity index is 1390. The number of aryl methyl sites for hydroxylation is 2. The zero-order valence-corrected chi connectivity index (χ0v) is 23.4. The number of benzene rings is 2. The Kier molecular flexibility index (Phi) is 7.68. The molecule has 204 valence electrons. The van der Waals surface area contributed by atoms with Gasteiger partial charge in [0.15, 0.2) is 9.84 Å². The van der Waals surface area contributed by atoms with Gasteiger partial charge in [0.25, 0.3) is 0 Å². The second-order valence-corrected chi connectivity index (χ2v) is 13.3. The van der Waals surface area contributed by atoms with Crippen molar-refractivity contribution in [2.45, 2.75) is 80.5 Å². The lowest BCUT2D eigenvalue weighted by atomic mass is 9.79. The Morgan fingerprint density at radius 3 is 2.29 bits per heavy atom. The molecule has 1 saturated heterocycles. The molecule has 0 unspecified atom stereocenters. The predicted molar refractivity (Wildman–Crippen MR) is 145 cm³/mol. The van der Waals surface area contributed by atoms with Crippen molar-refractivity contribution in [2.24, 2.45) is 0 Å². The largest absolute Gasteiger partial charge is 0.300 e. The second-order valence-electron chi connectivity index (χ2n) is 10.6. The summed E-state index contributed by atoms with van der Waals surface area (Å²) < 4.78 is 58.2.